The molecule has 0 saturated carbocycles. The maximum absolute atomic E-state index is 12.0. The largest absolute Gasteiger partial charge is 0.479 e. The van der Waals surface area contributed by atoms with Crippen LogP contribution in [0, 0.1) is 0 Å². The topological polar surface area (TPSA) is 85.4 Å². The minimum absolute atomic E-state index is 0.121. The summed E-state index contributed by atoms with van der Waals surface area (Å²) in [5.41, 5.74) is 0. The summed E-state index contributed by atoms with van der Waals surface area (Å²) in [5.74, 6) is -1.30. The molecule has 0 aromatic rings. The van der Waals surface area contributed by atoms with Crippen LogP contribution in [0.4, 0.5) is 0 Å². The average Bonchev–Trinajstić information content (AvgIpc) is 2.84. The third kappa shape index (κ3) is 1.70. The van der Waals surface area contributed by atoms with Gasteiger partial charge in [-0.05, 0) is 13.8 Å². The van der Waals surface area contributed by atoms with Crippen molar-refractivity contribution >= 4 is 13.6 Å². The van der Waals surface area contributed by atoms with Gasteiger partial charge >= 0.3 is 13.6 Å². The lowest BCUT2D eigenvalue weighted by molar-refractivity contribution is -0.140. The highest BCUT2D eigenvalue weighted by atomic mass is 31.2. The van der Waals surface area contributed by atoms with Gasteiger partial charge in [-0.2, -0.15) is 0 Å². The highest BCUT2D eigenvalue weighted by Gasteiger charge is 2.69. The van der Waals surface area contributed by atoms with Crippen LogP contribution in [0.2, 0.25) is 0 Å². The maximum Gasteiger partial charge on any atom is 0.376 e. The van der Waals surface area contributed by atoms with Gasteiger partial charge in [0.1, 0.15) is 6.61 Å². The van der Waals surface area contributed by atoms with Crippen LogP contribution >= 0.6 is 7.60 Å². The number of hydrogen-bond donors (Lipinski definition) is 1. The van der Waals surface area contributed by atoms with Crippen molar-refractivity contribution in [2.75, 3.05) is 19.8 Å². The van der Waals surface area contributed by atoms with Crippen molar-refractivity contribution in [3.05, 3.63) is 0 Å². The van der Waals surface area contributed by atoms with Crippen molar-refractivity contribution in [2.45, 2.75) is 19.2 Å². The van der Waals surface area contributed by atoms with Gasteiger partial charge in [0, 0.05) is 0 Å². The van der Waals surface area contributed by atoms with E-state index in [4.69, 9.17) is 18.9 Å². The van der Waals surface area contributed by atoms with Crippen LogP contribution in [-0.2, 0) is 23.1 Å². The molecule has 0 aliphatic carbocycles. The standard InChI is InChI=1S/C7H13O6P/c1-3-12-14(10,13-4-2)7(5-11-7)6(8)9/h3-5H2,1-2H3,(H,8,9). The van der Waals surface area contributed by atoms with Gasteiger partial charge < -0.3 is 18.9 Å². The molecule has 1 unspecified atom stereocenters. The Morgan fingerprint density at radius 1 is 1.50 bits per heavy atom. The number of epoxide rings is 1. The molecule has 0 spiro atoms. The number of ether oxygens (including phenoxy) is 1. The lowest BCUT2D eigenvalue weighted by atomic mass is 10.5. The Hall–Kier alpha value is -0.420. The van der Waals surface area contributed by atoms with Gasteiger partial charge in [-0.25, -0.2) is 4.79 Å². The molecular formula is C7H13O6P. The summed E-state index contributed by atoms with van der Waals surface area (Å²) < 4.78 is 26.5. The molecule has 1 saturated heterocycles. The summed E-state index contributed by atoms with van der Waals surface area (Å²) in [6, 6.07) is 0. The predicted molar refractivity (Wildman–Crippen MR) is 47.2 cm³/mol. The predicted octanol–water partition coefficient (Wildman–Crippen LogP) is 1.06. The van der Waals surface area contributed by atoms with Crippen molar-refractivity contribution in [1.29, 1.82) is 0 Å². The molecule has 1 aliphatic heterocycles. The van der Waals surface area contributed by atoms with Crippen molar-refractivity contribution in [3.63, 3.8) is 0 Å². The Labute approximate surface area is 81.7 Å². The van der Waals surface area contributed by atoms with Gasteiger partial charge in [-0.3, -0.25) is 4.57 Å². The minimum Gasteiger partial charge on any atom is -0.479 e. The molecule has 1 rings (SSSR count). The second-order valence-electron chi connectivity index (χ2n) is 2.71. The minimum atomic E-state index is -3.69. The number of rotatable bonds is 6. The van der Waals surface area contributed by atoms with Gasteiger partial charge in [0.25, 0.3) is 5.34 Å². The lowest BCUT2D eigenvalue weighted by Gasteiger charge is -2.19. The first-order valence-electron chi connectivity index (χ1n) is 4.29. The summed E-state index contributed by atoms with van der Waals surface area (Å²) in [6.07, 6.45) is 0. The molecule has 0 amide bonds. The van der Waals surface area contributed by atoms with Crippen LogP contribution in [0.1, 0.15) is 13.8 Å². The van der Waals surface area contributed by atoms with Gasteiger partial charge in [0.2, 0.25) is 0 Å². The van der Waals surface area contributed by atoms with Crippen LogP contribution in [0.5, 0.6) is 0 Å². The molecule has 0 aromatic heterocycles. The molecule has 1 heterocycles. The lowest BCUT2D eigenvalue weighted by Crippen LogP contribution is -2.26. The third-order valence-electron chi connectivity index (χ3n) is 1.79. The number of carboxylic acids is 1. The van der Waals surface area contributed by atoms with E-state index in [0.29, 0.717) is 0 Å². The number of carbonyl (C=O) groups is 1. The van der Waals surface area contributed by atoms with E-state index in [9.17, 15) is 9.36 Å². The van der Waals surface area contributed by atoms with E-state index >= 15 is 0 Å². The van der Waals surface area contributed by atoms with Gasteiger partial charge in [0.05, 0.1) is 13.2 Å². The Morgan fingerprint density at radius 3 is 2.14 bits per heavy atom. The molecule has 6 nitrogen and oxygen atoms in total. The van der Waals surface area contributed by atoms with E-state index in [-0.39, 0.29) is 19.8 Å². The number of carboxylic acid groups (broad SMARTS) is 1. The zero-order valence-electron chi connectivity index (χ0n) is 8.06. The van der Waals surface area contributed by atoms with Gasteiger partial charge in [-0.15, -0.1) is 0 Å². The van der Waals surface area contributed by atoms with Crippen LogP contribution < -0.4 is 0 Å². The first kappa shape index (κ1) is 11.7. The van der Waals surface area contributed by atoms with Crippen molar-refractivity contribution in [1.82, 2.24) is 0 Å². The molecule has 82 valence electrons. The Bertz CT molecular complexity index is 261. The Morgan fingerprint density at radius 2 is 1.93 bits per heavy atom. The SMILES string of the molecule is CCOP(=O)(OCC)C1(C(=O)O)CO1. The molecule has 1 fully saturated rings. The quantitative estimate of drug-likeness (QED) is 0.536. The number of aliphatic carboxylic acids is 1. The molecule has 1 N–H and O–H groups in total. The smallest absolute Gasteiger partial charge is 0.376 e. The van der Waals surface area contributed by atoms with E-state index in [1.807, 2.05) is 0 Å². The molecule has 0 bridgehead atoms. The van der Waals surface area contributed by atoms with Crippen molar-refractivity contribution in [3.8, 4) is 0 Å². The first-order chi connectivity index (χ1) is 6.52. The second kappa shape index (κ2) is 3.98. The maximum atomic E-state index is 12.0. The molecule has 14 heavy (non-hydrogen) atoms. The normalized spacial score (nSPS) is 26.1. The second-order valence-corrected chi connectivity index (χ2v) is 4.94. The van der Waals surface area contributed by atoms with E-state index < -0.39 is 18.9 Å². The molecule has 0 radical (unpaired) electrons. The highest BCUT2D eigenvalue weighted by molar-refractivity contribution is 7.57. The van der Waals surface area contributed by atoms with E-state index in [1.54, 1.807) is 13.8 Å². The van der Waals surface area contributed by atoms with Crippen LogP contribution in [0.3, 0.4) is 0 Å². The molecule has 1 aliphatic rings. The van der Waals surface area contributed by atoms with Gasteiger partial charge in [0.15, 0.2) is 0 Å². The Kier molecular flexibility index (Phi) is 3.32. The molecule has 1 atom stereocenters. The van der Waals surface area contributed by atoms with E-state index in [1.165, 1.54) is 0 Å². The van der Waals surface area contributed by atoms with Gasteiger partial charge in [-0.1, -0.05) is 0 Å². The highest BCUT2D eigenvalue weighted by Crippen LogP contribution is 2.66. The molecule has 0 aromatic carbocycles. The van der Waals surface area contributed by atoms with E-state index in [0.717, 1.165) is 0 Å². The van der Waals surface area contributed by atoms with Crippen molar-refractivity contribution in [2.24, 2.45) is 0 Å². The molecule has 7 heteroatoms. The summed E-state index contributed by atoms with van der Waals surface area (Å²) >= 11 is 0. The fourth-order valence-corrected chi connectivity index (χ4v) is 2.84. The summed E-state index contributed by atoms with van der Waals surface area (Å²) in [6.45, 7) is 3.35. The average molecular weight is 224 g/mol. The summed E-state index contributed by atoms with van der Waals surface area (Å²) in [5, 5.41) is 7.07. The Balaban J connectivity index is 2.87. The fraction of sp³-hybridized carbons (Fsp3) is 0.857. The third-order valence-corrected chi connectivity index (χ3v) is 4.32. The number of hydrogen-bond acceptors (Lipinski definition) is 5. The van der Waals surface area contributed by atoms with Crippen molar-refractivity contribution < 1.29 is 28.3 Å². The summed E-state index contributed by atoms with van der Waals surface area (Å²) in [7, 11) is -3.69. The van der Waals surface area contributed by atoms with Crippen LogP contribution in [-0.4, -0.2) is 36.2 Å². The summed E-state index contributed by atoms with van der Waals surface area (Å²) in [4.78, 5) is 10.8. The monoisotopic (exact) mass is 224 g/mol. The zero-order valence-corrected chi connectivity index (χ0v) is 8.95. The van der Waals surface area contributed by atoms with Crippen LogP contribution in [0.25, 0.3) is 0 Å². The van der Waals surface area contributed by atoms with Crippen LogP contribution in [0.15, 0.2) is 0 Å². The molecular weight excluding hydrogens is 211 g/mol. The van der Waals surface area contributed by atoms with E-state index in [2.05, 4.69) is 0 Å². The first-order valence-corrected chi connectivity index (χ1v) is 5.83. The zero-order chi connectivity index (χ0) is 10.8. The fourth-order valence-electron chi connectivity index (χ4n) is 1.05.